The number of hydrogen-bond acceptors (Lipinski definition) is 5. The second kappa shape index (κ2) is 24.1. The Morgan fingerprint density at radius 1 is 0.806 bits per heavy atom. The summed E-state index contributed by atoms with van der Waals surface area (Å²) in [6, 6.07) is 39.1. The van der Waals surface area contributed by atoms with Gasteiger partial charge in [0.15, 0.2) is 5.78 Å². The summed E-state index contributed by atoms with van der Waals surface area (Å²) in [7, 11) is 0. The van der Waals surface area contributed by atoms with Crippen molar-refractivity contribution in [3.05, 3.63) is 180 Å². The van der Waals surface area contributed by atoms with E-state index in [-0.39, 0.29) is 88.9 Å². The first-order valence-electron chi connectivity index (χ1n) is 27.0. The molecule has 0 aliphatic rings. The molecular formula is C60H63FIrN2O3-2. The molecule has 5 aromatic carbocycles. The quantitative estimate of drug-likeness (QED) is 0.0749. The molecule has 8 rings (SSSR count). The van der Waals surface area contributed by atoms with Crippen LogP contribution >= 0.6 is 0 Å². The number of halogens is 1. The smallest absolute Gasteiger partial charge is 0.162 e. The number of nitrogens with zero attached hydrogens (tertiary/aromatic N) is 2. The molecule has 5 nitrogen and oxygen atoms in total. The molecule has 1 N–H and O–H groups in total. The Labute approximate surface area is 423 Å². The number of hydrogen-bond donors (Lipinski definition) is 1. The first kappa shape index (κ1) is 40.1. The standard InChI is InChI=1S/C36H32NO.C13H24O2.C11H7FN.Ir/c1-23-18-25(21-36(3,4)5)14-16-28(23)32-20-33(37-22-24(32)2)31-13-9-12-30-29-17-15-27(19-34(29)38-35(30)31)26-10-7-6-8-11-26;1-5-10(6-2)12(14)9-13(15)11(7-3)8-4;12-10-6-4-9(5-7-10)11-3-1-2-8-13-11;/h6-12,14-20,22H,21H2,1-5H3;9-11,14H,5-8H2,1-4H3;1-4,6-8H;/q-1;;-1;/b;12-9-;;/i1D3,2D3,16D,21D2;;;. The summed E-state index contributed by atoms with van der Waals surface area (Å²) < 4.78 is 95.3. The number of aryl methyl sites for hydroxylation is 2. The van der Waals surface area contributed by atoms with E-state index in [1.165, 1.54) is 42.6 Å². The summed E-state index contributed by atoms with van der Waals surface area (Å²) in [5.41, 5.74) is 3.94. The molecule has 0 fully saturated rings. The molecule has 67 heavy (non-hydrogen) atoms. The van der Waals surface area contributed by atoms with Crippen molar-refractivity contribution in [2.24, 2.45) is 17.3 Å². The van der Waals surface area contributed by atoms with Crippen LogP contribution in [0.15, 0.2) is 150 Å². The van der Waals surface area contributed by atoms with E-state index in [2.05, 4.69) is 22.1 Å². The van der Waals surface area contributed by atoms with Crippen molar-refractivity contribution in [1.29, 1.82) is 0 Å². The van der Waals surface area contributed by atoms with Gasteiger partial charge < -0.3 is 19.5 Å². The molecule has 3 aromatic heterocycles. The van der Waals surface area contributed by atoms with Gasteiger partial charge >= 0.3 is 0 Å². The Hall–Kier alpha value is -6.01. The summed E-state index contributed by atoms with van der Waals surface area (Å²) in [4.78, 5) is 20.3. The van der Waals surface area contributed by atoms with Crippen LogP contribution in [0, 0.1) is 48.9 Å². The van der Waals surface area contributed by atoms with Crippen LogP contribution in [-0.2, 0) is 31.3 Å². The Balaban J connectivity index is 0.000000299. The van der Waals surface area contributed by atoms with Gasteiger partial charge in [0.1, 0.15) is 5.58 Å². The fraction of sp³-hybridized carbons (Fsp3) is 0.283. The number of aliphatic hydroxyl groups is 1. The van der Waals surface area contributed by atoms with Crippen LogP contribution in [0.5, 0.6) is 0 Å². The van der Waals surface area contributed by atoms with Gasteiger partial charge in [-0.1, -0.05) is 138 Å². The number of benzene rings is 5. The number of rotatable bonds is 12. The SMILES string of the molecule is CCC(CC)C(=O)/C=C(\O)C(CC)CC.Fc1c[c-]c(-c2ccccn2)cc1.[2H]c1cc(C([2H])([2H])C(C)(C)C)cc(C([2H])([2H])[2H])c1-c1cc(-c2[c-]ccc3c2oc2cc(-c4ccccc4)ccc23)ncc1C([2H])([2H])[2H].[Ir]. The van der Waals surface area contributed by atoms with E-state index < -0.39 is 25.5 Å². The van der Waals surface area contributed by atoms with Crippen LogP contribution in [-0.4, -0.2) is 20.9 Å². The van der Waals surface area contributed by atoms with Crippen molar-refractivity contribution in [3.8, 4) is 44.8 Å². The third kappa shape index (κ3) is 13.6. The summed E-state index contributed by atoms with van der Waals surface area (Å²) in [6.07, 6.45) is 5.81. The average Bonchev–Trinajstić information content (AvgIpc) is 3.78. The van der Waals surface area contributed by atoms with Crippen LogP contribution in [0.3, 0.4) is 0 Å². The third-order valence-electron chi connectivity index (χ3n) is 11.2. The van der Waals surface area contributed by atoms with Gasteiger partial charge in [-0.2, -0.15) is 0 Å². The van der Waals surface area contributed by atoms with Gasteiger partial charge in [0.05, 0.1) is 12.7 Å². The molecule has 0 saturated carbocycles. The number of pyridine rings is 2. The number of carbonyl (C=O) groups is 1. The van der Waals surface area contributed by atoms with Gasteiger partial charge in [0, 0.05) is 72.6 Å². The topological polar surface area (TPSA) is 76.2 Å². The molecule has 1 radical (unpaired) electrons. The molecule has 8 aromatic rings. The minimum absolute atomic E-state index is 0. The molecule has 0 amide bonds. The van der Waals surface area contributed by atoms with E-state index in [0.29, 0.717) is 16.7 Å². The fourth-order valence-corrected chi connectivity index (χ4v) is 7.63. The summed E-state index contributed by atoms with van der Waals surface area (Å²) in [5, 5.41) is 11.4. The Bertz CT molecular complexity index is 3250. The molecule has 7 heteroatoms. The number of furan rings is 1. The van der Waals surface area contributed by atoms with Crippen LogP contribution in [0.2, 0.25) is 0 Å². The number of carbonyl (C=O) groups excluding carboxylic acids is 1. The molecule has 0 saturated heterocycles. The van der Waals surface area contributed by atoms with E-state index in [1.54, 1.807) is 39.1 Å². The van der Waals surface area contributed by atoms with Gasteiger partial charge in [-0.05, 0) is 114 Å². The van der Waals surface area contributed by atoms with E-state index in [4.69, 9.17) is 16.8 Å². The Kier molecular flexibility index (Phi) is 14.4. The van der Waals surface area contributed by atoms with Crippen LogP contribution in [0.1, 0.15) is 103 Å². The Morgan fingerprint density at radius 3 is 2.18 bits per heavy atom. The summed E-state index contributed by atoms with van der Waals surface area (Å²) in [6.45, 7) is 7.67. The van der Waals surface area contributed by atoms with Crippen LogP contribution in [0.25, 0.3) is 66.7 Å². The van der Waals surface area contributed by atoms with E-state index in [1.807, 2.05) is 100 Å². The first-order valence-corrected chi connectivity index (χ1v) is 22.5. The molecule has 0 atom stereocenters. The second-order valence-electron chi connectivity index (χ2n) is 17.1. The maximum Gasteiger partial charge on any atom is 0.162 e. The third-order valence-corrected chi connectivity index (χ3v) is 11.2. The van der Waals surface area contributed by atoms with Crippen LogP contribution < -0.4 is 0 Å². The minimum atomic E-state index is -2.79. The normalized spacial score (nSPS) is 14.1. The number of fused-ring (bicyclic) bond motifs is 3. The zero-order valence-electron chi connectivity index (χ0n) is 48.1. The molecular weight excluding hydrogens is 1010 g/mol. The number of aliphatic hydroxyl groups excluding tert-OH is 1. The maximum atomic E-state index is 12.6. The van der Waals surface area contributed by atoms with Crippen molar-refractivity contribution >= 4 is 27.7 Å². The van der Waals surface area contributed by atoms with E-state index in [0.717, 1.165) is 58.8 Å². The monoisotopic (exact) mass is 1080 g/mol. The van der Waals surface area contributed by atoms with Crippen LogP contribution in [0.4, 0.5) is 4.39 Å². The zero-order valence-corrected chi connectivity index (χ0v) is 41.4. The number of aromatic nitrogens is 2. The molecule has 3 heterocycles. The zero-order chi connectivity index (χ0) is 55.0. The molecule has 0 aliphatic heterocycles. The maximum absolute atomic E-state index is 12.6. The van der Waals surface area contributed by atoms with Crippen molar-refractivity contribution in [3.63, 3.8) is 0 Å². The fourth-order valence-electron chi connectivity index (χ4n) is 7.63. The van der Waals surface area contributed by atoms with Gasteiger partial charge in [-0.25, -0.2) is 0 Å². The average molecular weight is 1080 g/mol. The van der Waals surface area contributed by atoms with Crippen molar-refractivity contribution in [2.45, 2.75) is 94.2 Å². The van der Waals surface area contributed by atoms with Gasteiger partial charge in [0.25, 0.3) is 0 Å². The summed E-state index contributed by atoms with van der Waals surface area (Å²) >= 11 is 0. The van der Waals surface area contributed by atoms with Crippen molar-refractivity contribution in [1.82, 2.24) is 9.97 Å². The molecule has 0 bridgehead atoms. The number of allylic oxidation sites excluding steroid dienone is 2. The molecule has 349 valence electrons. The van der Waals surface area contributed by atoms with E-state index >= 15 is 0 Å². The number of ketones is 1. The first-order chi connectivity index (χ1) is 35.3. The molecule has 0 unspecified atom stereocenters. The van der Waals surface area contributed by atoms with E-state index in [9.17, 15) is 14.3 Å². The predicted molar refractivity (Wildman–Crippen MR) is 272 cm³/mol. The Morgan fingerprint density at radius 2 is 1.54 bits per heavy atom. The minimum Gasteiger partial charge on any atom is -0.512 e. The largest absolute Gasteiger partial charge is 0.512 e. The molecule has 0 spiro atoms. The molecule has 0 aliphatic carbocycles. The van der Waals surface area contributed by atoms with Crippen molar-refractivity contribution < 1.29 is 51.2 Å². The van der Waals surface area contributed by atoms with Gasteiger partial charge in [0.2, 0.25) is 0 Å². The van der Waals surface area contributed by atoms with Crippen molar-refractivity contribution in [2.75, 3.05) is 0 Å². The summed E-state index contributed by atoms with van der Waals surface area (Å²) in [5.74, 6) is 0.269. The second-order valence-corrected chi connectivity index (χ2v) is 17.1. The van der Waals surface area contributed by atoms with Gasteiger partial charge in [-0.3, -0.25) is 9.18 Å². The predicted octanol–water partition coefficient (Wildman–Crippen LogP) is 16.5. The van der Waals surface area contributed by atoms with Gasteiger partial charge in [-0.15, -0.1) is 48.0 Å².